The first kappa shape index (κ1) is 16.4. The third-order valence-electron chi connectivity index (χ3n) is 4.27. The minimum absolute atomic E-state index is 0.0626. The minimum atomic E-state index is -4.62. The van der Waals surface area contributed by atoms with E-state index in [0.29, 0.717) is 37.2 Å². The van der Waals surface area contributed by atoms with Crippen molar-refractivity contribution in [3.8, 4) is 5.75 Å². The van der Waals surface area contributed by atoms with Crippen molar-refractivity contribution in [1.82, 2.24) is 9.97 Å². The molecule has 1 aliphatic heterocycles. The number of hydrogen-bond donors (Lipinski definition) is 1. The predicted octanol–water partition coefficient (Wildman–Crippen LogP) is 3.34. The molecule has 0 amide bonds. The number of ether oxygens (including phenoxy) is 1. The van der Waals surface area contributed by atoms with Crippen molar-refractivity contribution in [1.29, 1.82) is 0 Å². The van der Waals surface area contributed by atoms with Gasteiger partial charge in [0.15, 0.2) is 0 Å². The number of nitrogens with zero attached hydrogens (tertiary/aromatic N) is 2. The van der Waals surface area contributed by atoms with Crippen LogP contribution in [0.25, 0.3) is 10.9 Å². The van der Waals surface area contributed by atoms with Crippen LogP contribution in [-0.4, -0.2) is 23.1 Å². The van der Waals surface area contributed by atoms with Crippen LogP contribution in [0.2, 0.25) is 0 Å². The zero-order chi connectivity index (χ0) is 18.3. The summed E-state index contributed by atoms with van der Waals surface area (Å²) in [6.07, 6.45) is -2.95. The number of pyridine rings is 2. The third kappa shape index (κ3) is 2.98. The van der Waals surface area contributed by atoms with Gasteiger partial charge >= 0.3 is 6.18 Å². The zero-order valence-electron chi connectivity index (χ0n) is 13.5. The molecule has 1 N–H and O–H groups in total. The van der Waals surface area contributed by atoms with Crippen molar-refractivity contribution in [2.75, 3.05) is 18.1 Å². The highest BCUT2D eigenvalue weighted by Crippen LogP contribution is 2.40. The number of fused-ring (bicyclic) bond motifs is 2. The standard InChI is InChI=1S/C18H14F3N3O2/c19-18(20,21)13-8-17(25)23-14-9-16-15(7-12(13)14)24(5-6-26-16)10-11-3-1-2-4-22-11/h1-4,7-9H,5-6,10H2,(H,23,25). The summed E-state index contributed by atoms with van der Waals surface area (Å²) in [7, 11) is 0. The van der Waals surface area contributed by atoms with E-state index in [4.69, 9.17) is 4.74 Å². The normalized spacial score (nSPS) is 14.2. The average molecular weight is 361 g/mol. The molecular formula is C18H14F3N3O2. The Morgan fingerprint density at radius 1 is 1.23 bits per heavy atom. The maximum atomic E-state index is 13.4. The lowest BCUT2D eigenvalue weighted by atomic mass is 10.1. The average Bonchev–Trinajstić information content (AvgIpc) is 2.60. The molecule has 0 bridgehead atoms. The number of aromatic nitrogens is 2. The number of benzene rings is 1. The number of aromatic amines is 1. The fourth-order valence-corrected chi connectivity index (χ4v) is 3.11. The molecule has 0 aliphatic carbocycles. The fourth-order valence-electron chi connectivity index (χ4n) is 3.11. The Hall–Kier alpha value is -3.03. The van der Waals surface area contributed by atoms with Crippen LogP contribution in [0.4, 0.5) is 18.9 Å². The molecule has 0 radical (unpaired) electrons. The number of anilines is 1. The van der Waals surface area contributed by atoms with Crippen molar-refractivity contribution >= 4 is 16.6 Å². The van der Waals surface area contributed by atoms with Gasteiger partial charge in [0.25, 0.3) is 0 Å². The molecule has 1 aromatic carbocycles. The molecule has 0 atom stereocenters. The number of hydrogen-bond acceptors (Lipinski definition) is 4. The van der Waals surface area contributed by atoms with Crippen molar-refractivity contribution in [2.24, 2.45) is 0 Å². The Morgan fingerprint density at radius 3 is 2.81 bits per heavy atom. The predicted molar refractivity (Wildman–Crippen MR) is 90.4 cm³/mol. The molecule has 26 heavy (non-hydrogen) atoms. The van der Waals surface area contributed by atoms with Crippen LogP contribution in [0.1, 0.15) is 11.3 Å². The summed E-state index contributed by atoms with van der Waals surface area (Å²) in [6, 6.07) is 8.97. The van der Waals surface area contributed by atoms with Crippen LogP contribution in [0.5, 0.6) is 5.75 Å². The maximum Gasteiger partial charge on any atom is 0.417 e. The van der Waals surface area contributed by atoms with E-state index in [2.05, 4.69) is 9.97 Å². The molecule has 2 aromatic heterocycles. The lowest BCUT2D eigenvalue weighted by Crippen LogP contribution is -2.32. The van der Waals surface area contributed by atoms with Gasteiger partial charge < -0.3 is 14.6 Å². The second-order valence-corrected chi connectivity index (χ2v) is 6.00. The van der Waals surface area contributed by atoms with Gasteiger partial charge in [0.1, 0.15) is 12.4 Å². The number of H-pyrrole nitrogens is 1. The Balaban J connectivity index is 1.86. The van der Waals surface area contributed by atoms with Gasteiger partial charge in [-0.05, 0) is 18.2 Å². The Bertz CT molecular complexity index is 1020. The lowest BCUT2D eigenvalue weighted by Gasteiger charge is -2.31. The van der Waals surface area contributed by atoms with E-state index in [1.54, 1.807) is 12.3 Å². The van der Waals surface area contributed by atoms with Crippen LogP contribution in [0, 0.1) is 0 Å². The largest absolute Gasteiger partial charge is 0.489 e. The zero-order valence-corrected chi connectivity index (χ0v) is 13.5. The number of alkyl halides is 3. The molecule has 4 rings (SSSR count). The first-order valence-corrected chi connectivity index (χ1v) is 7.98. The van der Waals surface area contributed by atoms with E-state index >= 15 is 0 Å². The second kappa shape index (κ2) is 6.05. The molecule has 3 heterocycles. The van der Waals surface area contributed by atoms with Gasteiger partial charge in [-0.15, -0.1) is 0 Å². The molecule has 1 aliphatic rings. The highest BCUT2D eigenvalue weighted by atomic mass is 19.4. The molecule has 0 spiro atoms. The first-order valence-electron chi connectivity index (χ1n) is 7.98. The highest BCUT2D eigenvalue weighted by molar-refractivity contribution is 5.89. The minimum Gasteiger partial charge on any atom is -0.489 e. The van der Waals surface area contributed by atoms with Crippen molar-refractivity contribution in [3.05, 3.63) is 64.2 Å². The van der Waals surface area contributed by atoms with Gasteiger partial charge in [0.05, 0.1) is 35.6 Å². The summed E-state index contributed by atoms with van der Waals surface area (Å²) in [5.41, 5.74) is -0.304. The van der Waals surface area contributed by atoms with Crippen LogP contribution in [0.3, 0.4) is 0 Å². The first-order chi connectivity index (χ1) is 12.4. The molecule has 0 saturated heterocycles. The number of nitrogens with one attached hydrogen (secondary N) is 1. The molecule has 3 aromatic rings. The fraction of sp³-hybridized carbons (Fsp3) is 0.222. The van der Waals surface area contributed by atoms with Crippen LogP contribution >= 0.6 is 0 Å². The summed E-state index contributed by atoms with van der Waals surface area (Å²) < 4.78 is 45.7. The van der Waals surface area contributed by atoms with Crippen molar-refractivity contribution in [2.45, 2.75) is 12.7 Å². The van der Waals surface area contributed by atoms with Gasteiger partial charge in [-0.1, -0.05) is 6.07 Å². The summed E-state index contributed by atoms with van der Waals surface area (Å²) in [4.78, 5) is 20.2. The van der Waals surface area contributed by atoms with Crippen molar-refractivity contribution in [3.63, 3.8) is 0 Å². The SMILES string of the molecule is O=c1cc(C(F)(F)F)c2cc3c(cc2[nH]1)OCCN3Cc1ccccn1. The molecule has 0 saturated carbocycles. The smallest absolute Gasteiger partial charge is 0.417 e. The molecule has 134 valence electrons. The Kier molecular flexibility index (Phi) is 3.82. The Labute approximate surface area is 146 Å². The summed E-state index contributed by atoms with van der Waals surface area (Å²) in [5, 5.41) is -0.0626. The van der Waals surface area contributed by atoms with Crippen LogP contribution < -0.4 is 15.2 Å². The van der Waals surface area contributed by atoms with Gasteiger partial charge in [-0.2, -0.15) is 13.2 Å². The lowest BCUT2D eigenvalue weighted by molar-refractivity contribution is -0.136. The van der Waals surface area contributed by atoms with Crippen LogP contribution in [-0.2, 0) is 12.7 Å². The van der Waals surface area contributed by atoms with E-state index in [-0.39, 0.29) is 10.9 Å². The van der Waals surface area contributed by atoms with E-state index in [9.17, 15) is 18.0 Å². The van der Waals surface area contributed by atoms with Gasteiger partial charge in [-0.25, -0.2) is 0 Å². The topological polar surface area (TPSA) is 58.2 Å². The number of rotatable bonds is 2. The van der Waals surface area contributed by atoms with E-state index in [1.807, 2.05) is 17.0 Å². The number of halogens is 3. The molecule has 5 nitrogen and oxygen atoms in total. The van der Waals surface area contributed by atoms with E-state index in [0.717, 1.165) is 5.69 Å². The Morgan fingerprint density at radius 2 is 2.08 bits per heavy atom. The maximum absolute atomic E-state index is 13.4. The summed E-state index contributed by atoms with van der Waals surface area (Å²) >= 11 is 0. The third-order valence-corrected chi connectivity index (χ3v) is 4.27. The van der Waals surface area contributed by atoms with Gasteiger partial charge in [-0.3, -0.25) is 9.78 Å². The van der Waals surface area contributed by atoms with Gasteiger partial charge in [0, 0.05) is 23.7 Å². The van der Waals surface area contributed by atoms with Crippen LogP contribution in [0.15, 0.2) is 47.4 Å². The van der Waals surface area contributed by atoms with Crippen molar-refractivity contribution < 1.29 is 17.9 Å². The quantitative estimate of drug-likeness (QED) is 0.761. The highest BCUT2D eigenvalue weighted by Gasteiger charge is 2.34. The molecule has 0 unspecified atom stereocenters. The second-order valence-electron chi connectivity index (χ2n) is 6.00. The molecule has 0 fully saturated rings. The van der Waals surface area contributed by atoms with Gasteiger partial charge in [0.2, 0.25) is 5.56 Å². The monoisotopic (exact) mass is 361 g/mol. The van der Waals surface area contributed by atoms with E-state index < -0.39 is 17.3 Å². The molecule has 8 heteroatoms. The van der Waals surface area contributed by atoms with E-state index in [1.165, 1.54) is 12.1 Å². The molecular weight excluding hydrogens is 347 g/mol. The summed E-state index contributed by atoms with van der Waals surface area (Å²) in [5.74, 6) is 0.439. The summed E-state index contributed by atoms with van der Waals surface area (Å²) in [6.45, 7) is 1.38.